The Morgan fingerprint density at radius 2 is 2.14 bits per heavy atom. The van der Waals surface area contributed by atoms with Crippen LogP contribution in [0.15, 0.2) is 30.6 Å². The number of hydrogen-bond donors (Lipinski definition) is 1. The molecule has 1 aromatic carbocycles. The van der Waals surface area contributed by atoms with E-state index in [2.05, 4.69) is 10.3 Å². The molecule has 0 fully saturated rings. The largest absolute Gasteiger partial charge is 0.350 e. The molecule has 1 heterocycles. The topological polar surface area (TPSA) is 46.9 Å². The van der Waals surface area contributed by atoms with Gasteiger partial charge >= 0.3 is 0 Å². The van der Waals surface area contributed by atoms with Crippen LogP contribution < -0.4 is 5.32 Å². The SMILES string of the molecule is CC(C)c1nccn1C(C)C(=O)NCc1c(F)cccc1Cl. The van der Waals surface area contributed by atoms with Crippen LogP contribution in [-0.2, 0) is 11.3 Å². The maximum atomic E-state index is 13.7. The van der Waals surface area contributed by atoms with Crippen LogP contribution in [0.3, 0.4) is 0 Å². The fourth-order valence-electron chi connectivity index (χ4n) is 2.25. The summed E-state index contributed by atoms with van der Waals surface area (Å²) in [6.07, 6.45) is 3.45. The fraction of sp³-hybridized carbons (Fsp3) is 0.375. The number of nitrogens with zero attached hydrogens (tertiary/aromatic N) is 2. The summed E-state index contributed by atoms with van der Waals surface area (Å²) in [5.41, 5.74) is 0.291. The van der Waals surface area contributed by atoms with Crippen molar-refractivity contribution in [2.75, 3.05) is 0 Å². The van der Waals surface area contributed by atoms with Crippen LogP contribution in [0.4, 0.5) is 4.39 Å². The number of carbonyl (C=O) groups is 1. The van der Waals surface area contributed by atoms with Crippen molar-refractivity contribution in [2.24, 2.45) is 0 Å². The number of hydrogen-bond acceptors (Lipinski definition) is 2. The number of amides is 1. The molecule has 0 aliphatic rings. The summed E-state index contributed by atoms with van der Waals surface area (Å²) < 4.78 is 15.5. The van der Waals surface area contributed by atoms with E-state index in [9.17, 15) is 9.18 Å². The van der Waals surface area contributed by atoms with Gasteiger partial charge in [-0.05, 0) is 19.1 Å². The number of imidazole rings is 1. The molecule has 118 valence electrons. The predicted molar refractivity (Wildman–Crippen MR) is 84.3 cm³/mol. The summed E-state index contributed by atoms with van der Waals surface area (Å²) in [5, 5.41) is 3.03. The third-order valence-corrected chi connectivity index (χ3v) is 3.87. The zero-order chi connectivity index (χ0) is 16.3. The highest BCUT2D eigenvalue weighted by Crippen LogP contribution is 2.20. The van der Waals surface area contributed by atoms with E-state index in [0.29, 0.717) is 10.6 Å². The highest BCUT2D eigenvalue weighted by molar-refractivity contribution is 6.31. The van der Waals surface area contributed by atoms with Crippen molar-refractivity contribution < 1.29 is 9.18 Å². The number of carbonyl (C=O) groups excluding carboxylic acids is 1. The van der Waals surface area contributed by atoms with Crippen molar-refractivity contribution in [3.05, 3.63) is 52.8 Å². The quantitative estimate of drug-likeness (QED) is 0.912. The summed E-state index contributed by atoms with van der Waals surface area (Å²) >= 11 is 5.95. The normalized spacial score (nSPS) is 12.5. The van der Waals surface area contributed by atoms with E-state index in [4.69, 9.17) is 11.6 Å². The van der Waals surface area contributed by atoms with Crippen LogP contribution in [0, 0.1) is 5.82 Å². The Morgan fingerprint density at radius 1 is 1.41 bits per heavy atom. The van der Waals surface area contributed by atoms with E-state index in [0.717, 1.165) is 5.82 Å². The molecule has 1 atom stereocenters. The van der Waals surface area contributed by atoms with E-state index in [-0.39, 0.29) is 18.4 Å². The molecule has 2 aromatic rings. The minimum Gasteiger partial charge on any atom is -0.350 e. The molecule has 1 N–H and O–H groups in total. The molecule has 1 amide bonds. The fourth-order valence-corrected chi connectivity index (χ4v) is 2.48. The average Bonchev–Trinajstić information content (AvgIpc) is 2.95. The lowest BCUT2D eigenvalue weighted by Gasteiger charge is -2.18. The van der Waals surface area contributed by atoms with E-state index in [1.807, 2.05) is 18.4 Å². The standard InChI is InChI=1S/C16H19ClFN3O/c1-10(2)15-19-7-8-21(15)11(3)16(22)20-9-12-13(17)5-4-6-14(12)18/h4-8,10-11H,9H2,1-3H3,(H,20,22). The molecule has 0 aliphatic heterocycles. The molecule has 1 aromatic heterocycles. The van der Waals surface area contributed by atoms with Crippen molar-refractivity contribution in [3.8, 4) is 0 Å². The number of halogens is 2. The lowest BCUT2D eigenvalue weighted by Crippen LogP contribution is -2.31. The summed E-state index contributed by atoms with van der Waals surface area (Å²) in [6, 6.07) is 4.03. The molecule has 0 saturated carbocycles. The second kappa shape index (κ2) is 6.92. The van der Waals surface area contributed by atoms with Crippen LogP contribution in [0.2, 0.25) is 5.02 Å². The summed E-state index contributed by atoms with van der Waals surface area (Å²) in [4.78, 5) is 16.6. The average molecular weight is 324 g/mol. The van der Waals surface area contributed by atoms with Crippen LogP contribution in [0.25, 0.3) is 0 Å². The van der Waals surface area contributed by atoms with Crippen LogP contribution >= 0.6 is 11.6 Å². The van der Waals surface area contributed by atoms with Crippen molar-refractivity contribution in [1.82, 2.24) is 14.9 Å². The Hall–Kier alpha value is -1.88. The van der Waals surface area contributed by atoms with Gasteiger partial charge in [0, 0.05) is 35.4 Å². The van der Waals surface area contributed by atoms with Crippen LogP contribution in [-0.4, -0.2) is 15.5 Å². The summed E-state index contributed by atoms with van der Waals surface area (Å²) in [6.45, 7) is 5.87. The number of rotatable bonds is 5. The third kappa shape index (κ3) is 3.47. The number of benzene rings is 1. The van der Waals surface area contributed by atoms with Crippen molar-refractivity contribution in [1.29, 1.82) is 0 Å². The van der Waals surface area contributed by atoms with Gasteiger partial charge in [0.05, 0.1) is 0 Å². The minimum atomic E-state index is -0.426. The summed E-state index contributed by atoms with van der Waals surface area (Å²) in [7, 11) is 0. The first-order chi connectivity index (χ1) is 10.4. The van der Waals surface area contributed by atoms with Gasteiger partial charge in [-0.2, -0.15) is 0 Å². The van der Waals surface area contributed by atoms with Crippen molar-refractivity contribution >= 4 is 17.5 Å². The third-order valence-electron chi connectivity index (χ3n) is 3.51. The molecule has 0 spiro atoms. The maximum Gasteiger partial charge on any atom is 0.243 e. The van der Waals surface area contributed by atoms with E-state index in [1.54, 1.807) is 25.4 Å². The monoisotopic (exact) mass is 323 g/mol. The Labute approximate surface area is 134 Å². The molecular formula is C16H19ClFN3O. The molecular weight excluding hydrogens is 305 g/mol. The Balaban J connectivity index is 2.07. The first-order valence-corrected chi connectivity index (χ1v) is 7.53. The molecule has 0 aliphatic carbocycles. The zero-order valence-corrected chi connectivity index (χ0v) is 13.6. The van der Waals surface area contributed by atoms with Gasteiger partial charge in [0.2, 0.25) is 5.91 Å². The van der Waals surface area contributed by atoms with Gasteiger partial charge in [-0.15, -0.1) is 0 Å². The second-order valence-corrected chi connectivity index (χ2v) is 5.85. The van der Waals surface area contributed by atoms with Gasteiger partial charge in [0.1, 0.15) is 17.7 Å². The van der Waals surface area contributed by atoms with Gasteiger partial charge < -0.3 is 9.88 Å². The Bertz CT molecular complexity index is 649. The van der Waals surface area contributed by atoms with Crippen LogP contribution in [0.5, 0.6) is 0 Å². The Morgan fingerprint density at radius 3 is 2.77 bits per heavy atom. The molecule has 0 radical (unpaired) electrons. The van der Waals surface area contributed by atoms with Crippen molar-refractivity contribution in [3.63, 3.8) is 0 Å². The maximum absolute atomic E-state index is 13.7. The lowest BCUT2D eigenvalue weighted by atomic mass is 10.2. The van der Waals surface area contributed by atoms with Gasteiger partial charge in [0.15, 0.2) is 0 Å². The van der Waals surface area contributed by atoms with E-state index >= 15 is 0 Å². The zero-order valence-electron chi connectivity index (χ0n) is 12.8. The predicted octanol–water partition coefficient (Wildman–Crippen LogP) is 3.68. The molecule has 1 unspecified atom stereocenters. The second-order valence-electron chi connectivity index (χ2n) is 5.44. The van der Waals surface area contributed by atoms with E-state index in [1.165, 1.54) is 12.1 Å². The number of nitrogens with one attached hydrogen (secondary N) is 1. The number of aromatic nitrogens is 2. The molecule has 22 heavy (non-hydrogen) atoms. The molecule has 0 bridgehead atoms. The highest BCUT2D eigenvalue weighted by atomic mass is 35.5. The van der Waals surface area contributed by atoms with E-state index < -0.39 is 11.9 Å². The van der Waals surface area contributed by atoms with Gasteiger partial charge in [-0.3, -0.25) is 4.79 Å². The smallest absolute Gasteiger partial charge is 0.243 e. The molecule has 2 rings (SSSR count). The summed E-state index contributed by atoms with van der Waals surface area (Å²) in [5.74, 6) is 0.419. The van der Waals surface area contributed by atoms with Gasteiger partial charge in [0.25, 0.3) is 0 Å². The molecule has 0 saturated heterocycles. The molecule has 6 heteroatoms. The minimum absolute atomic E-state index is 0.0559. The van der Waals surface area contributed by atoms with Gasteiger partial charge in [-0.1, -0.05) is 31.5 Å². The first kappa shape index (κ1) is 16.5. The highest BCUT2D eigenvalue weighted by Gasteiger charge is 2.19. The van der Waals surface area contributed by atoms with Crippen molar-refractivity contribution in [2.45, 2.75) is 39.3 Å². The Kier molecular flexibility index (Phi) is 5.19. The molecule has 4 nitrogen and oxygen atoms in total. The van der Waals surface area contributed by atoms with Crippen LogP contribution in [0.1, 0.15) is 44.1 Å². The lowest BCUT2D eigenvalue weighted by molar-refractivity contribution is -0.124. The first-order valence-electron chi connectivity index (χ1n) is 7.15. The van der Waals surface area contributed by atoms with Gasteiger partial charge in [-0.25, -0.2) is 9.37 Å².